The van der Waals surface area contributed by atoms with Crippen molar-refractivity contribution in [3.05, 3.63) is 29.8 Å². The zero-order valence-electron chi connectivity index (χ0n) is 15.1. The summed E-state index contributed by atoms with van der Waals surface area (Å²) in [4.78, 5) is 25.1. The number of likely N-dealkylation sites (tertiary alicyclic amines) is 1. The molecule has 2 atom stereocenters. The zero-order valence-corrected chi connectivity index (χ0v) is 15.9. The van der Waals surface area contributed by atoms with Gasteiger partial charge in [0.05, 0.1) is 16.7 Å². The molecule has 0 aromatic heterocycles. The van der Waals surface area contributed by atoms with Gasteiger partial charge < -0.3 is 9.53 Å². The molecule has 1 aliphatic rings. The van der Waals surface area contributed by atoms with E-state index in [1.807, 2.05) is 6.92 Å². The molecule has 2 rings (SSSR count). The van der Waals surface area contributed by atoms with Crippen LogP contribution in [0.5, 0.6) is 0 Å². The standard InChI is InChI=1S/C18H25NO5S/c1-13-5-7-16(8-6-13)25(22,23)12-14-9-15(11-20)19(10-14)17(21)24-18(2,3)4/h5-8,11,14-15H,9-10,12H2,1-4H3/t14-,15+/m0/s1. The summed E-state index contributed by atoms with van der Waals surface area (Å²) in [7, 11) is -3.47. The maximum absolute atomic E-state index is 12.6. The van der Waals surface area contributed by atoms with Crippen LogP contribution >= 0.6 is 0 Å². The van der Waals surface area contributed by atoms with Gasteiger partial charge in [-0.05, 0) is 52.2 Å². The lowest BCUT2D eigenvalue weighted by Gasteiger charge is -2.26. The number of nitrogens with zero attached hydrogens (tertiary/aromatic N) is 1. The fourth-order valence-electron chi connectivity index (χ4n) is 2.89. The number of rotatable bonds is 4. The van der Waals surface area contributed by atoms with Crippen LogP contribution in [0.2, 0.25) is 0 Å². The predicted molar refractivity (Wildman–Crippen MR) is 94.1 cm³/mol. The van der Waals surface area contributed by atoms with Gasteiger partial charge in [-0.2, -0.15) is 0 Å². The van der Waals surface area contributed by atoms with Gasteiger partial charge in [0, 0.05) is 6.54 Å². The van der Waals surface area contributed by atoms with Gasteiger partial charge in [-0.1, -0.05) is 17.7 Å². The minimum Gasteiger partial charge on any atom is -0.444 e. The van der Waals surface area contributed by atoms with Crippen molar-refractivity contribution in [3.8, 4) is 0 Å². The number of carbonyl (C=O) groups is 2. The maximum Gasteiger partial charge on any atom is 0.410 e. The second-order valence-corrected chi connectivity index (χ2v) is 9.57. The van der Waals surface area contributed by atoms with Gasteiger partial charge in [-0.25, -0.2) is 13.2 Å². The van der Waals surface area contributed by atoms with Crippen LogP contribution in [0.1, 0.15) is 32.8 Å². The first-order valence-electron chi connectivity index (χ1n) is 8.26. The molecule has 25 heavy (non-hydrogen) atoms. The third-order valence-electron chi connectivity index (χ3n) is 4.05. The largest absolute Gasteiger partial charge is 0.444 e. The molecule has 7 heteroatoms. The molecule has 1 aromatic carbocycles. The Labute approximate surface area is 149 Å². The van der Waals surface area contributed by atoms with E-state index < -0.39 is 27.6 Å². The van der Waals surface area contributed by atoms with E-state index in [1.165, 1.54) is 4.90 Å². The maximum atomic E-state index is 12.6. The highest BCUT2D eigenvalue weighted by Crippen LogP contribution is 2.27. The first-order valence-corrected chi connectivity index (χ1v) is 9.91. The summed E-state index contributed by atoms with van der Waals surface area (Å²) in [5.74, 6) is -0.395. The van der Waals surface area contributed by atoms with Gasteiger partial charge >= 0.3 is 6.09 Å². The summed E-state index contributed by atoms with van der Waals surface area (Å²) in [6.45, 7) is 7.33. The minimum absolute atomic E-state index is 0.0975. The van der Waals surface area contributed by atoms with Crippen LogP contribution in [0, 0.1) is 12.8 Å². The lowest BCUT2D eigenvalue weighted by molar-refractivity contribution is -0.111. The van der Waals surface area contributed by atoms with Crippen molar-refractivity contribution in [2.75, 3.05) is 12.3 Å². The lowest BCUT2D eigenvalue weighted by Crippen LogP contribution is -2.40. The fourth-order valence-corrected chi connectivity index (χ4v) is 4.49. The molecule has 0 spiro atoms. The number of amides is 1. The van der Waals surface area contributed by atoms with Crippen LogP contribution in [-0.4, -0.2) is 49.6 Å². The van der Waals surface area contributed by atoms with E-state index in [2.05, 4.69) is 0 Å². The third kappa shape index (κ3) is 5.04. The molecule has 0 saturated carbocycles. The summed E-state index contributed by atoms with van der Waals surface area (Å²) in [5, 5.41) is 0. The van der Waals surface area contributed by atoms with Crippen LogP contribution < -0.4 is 0 Å². The minimum atomic E-state index is -3.47. The average molecular weight is 367 g/mol. The monoisotopic (exact) mass is 367 g/mol. The molecular weight excluding hydrogens is 342 g/mol. The molecule has 1 amide bonds. The first kappa shape index (κ1) is 19.4. The number of hydrogen-bond donors (Lipinski definition) is 0. The smallest absolute Gasteiger partial charge is 0.410 e. The molecule has 1 aromatic rings. The Hall–Kier alpha value is -1.89. The van der Waals surface area contributed by atoms with Crippen LogP contribution in [0.4, 0.5) is 4.79 Å². The molecule has 0 N–H and O–H groups in total. The van der Waals surface area contributed by atoms with Crippen LogP contribution in [0.25, 0.3) is 0 Å². The molecule has 1 saturated heterocycles. The van der Waals surface area contributed by atoms with Crippen molar-refractivity contribution in [1.29, 1.82) is 0 Å². The molecule has 0 aliphatic carbocycles. The molecular formula is C18H25NO5S. The van der Waals surface area contributed by atoms with Crippen LogP contribution in [0.3, 0.4) is 0 Å². The second kappa shape index (κ2) is 7.15. The van der Waals surface area contributed by atoms with E-state index in [0.717, 1.165) is 5.56 Å². The first-order chi connectivity index (χ1) is 11.5. The van der Waals surface area contributed by atoms with Gasteiger partial charge in [-0.15, -0.1) is 0 Å². The topological polar surface area (TPSA) is 80.8 Å². The van der Waals surface area contributed by atoms with Crippen molar-refractivity contribution < 1.29 is 22.7 Å². The lowest BCUT2D eigenvalue weighted by atomic mass is 10.1. The van der Waals surface area contributed by atoms with Crippen molar-refractivity contribution in [3.63, 3.8) is 0 Å². The molecule has 1 fully saturated rings. The Morgan fingerprint density at radius 3 is 2.40 bits per heavy atom. The number of aryl methyl sites for hydroxylation is 1. The number of hydrogen-bond acceptors (Lipinski definition) is 5. The van der Waals surface area contributed by atoms with Crippen LogP contribution in [0.15, 0.2) is 29.2 Å². The van der Waals surface area contributed by atoms with E-state index in [0.29, 0.717) is 12.7 Å². The Morgan fingerprint density at radius 2 is 1.88 bits per heavy atom. The highest BCUT2D eigenvalue weighted by molar-refractivity contribution is 7.91. The summed E-state index contributed by atoms with van der Waals surface area (Å²) in [5.41, 5.74) is 0.313. The summed E-state index contributed by atoms with van der Waals surface area (Å²) in [6, 6.07) is 6.03. The third-order valence-corrected chi connectivity index (χ3v) is 5.95. The van der Waals surface area contributed by atoms with Crippen molar-refractivity contribution in [2.24, 2.45) is 5.92 Å². The molecule has 1 heterocycles. The molecule has 0 unspecified atom stereocenters. The highest BCUT2D eigenvalue weighted by Gasteiger charge is 2.39. The highest BCUT2D eigenvalue weighted by atomic mass is 32.2. The predicted octanol–water partition coefficient (Wildman–Crippen LogP) is 2.59. The molecule has 138 valence electrons. The Morgan fingerprint density at radius 1 is 1.28 bits per heavy atom. The molecule has 6 nitrogen and oxygen atoms in total. The Balaban J connectivity index is 2.10. The number of sulfone groups is 1. The summed E-state index contributed by atoms with van der Waals surface area (Å²) < 4.78 is 30.5. The van der Waals surface area contributed by atoms with Gasteiger partial charge in [0.2, 0.25) is 0 Å². The van der Waals surface area contributed by atoms with E-state index in [1.54, 1.807) is 45.0 Å². The number of carbonyl (C=O) groups excluding carboxylic acids is 2. The van der Waals surface area contributed by atoms with E-state index in [4.69, 9.17) is 4.74 Å². The Bertz CT molecular complexity index is 734. The molecule has 0 radical (unpaired) electrons. The molecule has 0 bridgehead atoms. The summed E-state index contributed by atoms with van der Waals surface area (Å²) in [6.07, 6.45) is 0.427. The Kier molecular flexibility index (Phi) is 5.56. The van der Waals surface area contributed by atoms with Gasteiger partial charge in [0.1, 0.15) is 11.9 Å². The number of ether oxygens (including phenoxy) is 1. The number of aldehydes is 1. The van der Waals surface area contributed by atoms with Crippen molar-refractivity contribution in [1.82, 2.24) is 4.90 Å². The van der Waals surface area contributed by atoms with Gasteiger partial charge in [0.15, 0.2) is 9.84 Å². The van der Waals surface area contributed by atoms with Gasteiger partial charge in [-0.3, -0.25) is 4.90 Å². The molecule has 1 aliphatic heterocycles. The van der Waals surface area contributed by atoms with E-state index in [-0.39, 0.29) is 23.1 Å². The SMILES string of the molecule is Cc1ccc(S(=O)(=O)C[C@H]2C[C@H](C=O)N(C(=O)OC(C)(C)C)C2)cc1. The van der Waals surface area contributed by atoms with Crippen molar-refractivity contribution >= 4 is 22.2 Å². The second-order valence-electron chi connectivity index (χ2n) is 7.53. The van der Waals surface area contributed by atoms with E-state index >= 15 is 0 Å². The van der Waals surface area contributed by atoms with Gasteiger partial charge in [0.25, 0.3) is 0 Å². The van der Waals surface area contributed by atoms with Crippen molar-refractivity contribution in [2.45, 2.75) is 50.7 Å². The average Bonchev–Trinajstić information content (AvgIpc) is 2.88. The van der Waals surface area contributed by atoms with Crippen LogP contribution in [-0.2, 0) is 19.4 Å². The van der Waals surface area contributed by atoms with E-state index in [9.17, 15) is 18.0 Å². The zero-order chi connectivity index (χ0) is 18.8. The number of benzene rings is 1. The quantitative estimate of drug-likeness (QED) is 0.764. The fraction of sp³-hybridized carbons (Fsp3) is 0.556. The summed E-state index contributed by atoms with van der Waals surface area (Å²) >= 11 is 0. The normalized spacial score (nSPS) is 21.2.